The van der Waals surface area contributed by atoms with Gasteiger partial charge in [0.25, 0.3) is 0 Å². The molecule has 0 spiro atoms. The highest BCUT2D eigenvalue weighted by atomic mass is 79.9. The summed E-state index contributed by atoms with van der Waals surface area (Å²) >= 11 is 9.72. The molecule has 98 valence electrons. The minimum absolute atomic E-state index is 0.658. The van der Waals surface area contributed by atoms with Crippen molar-refractivity contribution in [2.24, 2.45) is 0 Å². The third-order valence-electron chi connectivity index (χ3n) is 3.15. The summed E-state index contributed by atoms with van der Waals surface area (Å²) in [7, 11) is 0. The molecule has 19 heavy (non-hydrogen) atoms. The Bertz CT molecular complexity index is 603. The maximum atomic E-state index is 6.33. The largest absolute Gasteiger partial charge is 0.324 e. The number of hydrogen-bond acceptors (Lipinski definition) is 3. The van der Waals surface area contributed by atoms with Gasteiger partial charge in [0.2, 0.25) is 0 Å². The molecular weight excluding hydrogens is 326 g/mol. The van der Waals surface area contributed by atoms with Crippen LogP contribution in [0.2, 0.25) is 5.02 Å². The minimum Gasteiger partial charge on any atom is -0.324 e. The van der Waals surface area contributed by atoms with E-state index in [0.717, 1.165) is 29.9 Å². The molecule has 0 saturated carbocycles. The van der Waals surface area contributed by atoms with Crippen molar-refractivity contribution >= 4 is 39.0 Å². The first-order valence-electron chi connectivity index (χ1n) is 6.13. The van der Waals surface area contributed by atoms with Gasteiger partial charge in [-0.25, -0.2) is 4.98 Å². The molecule has 0 radical (unpaired) electrons. The summed E-state index contributed by atoms with van der Waals surface area (Å²) < 4.78 is 0.891. The molecule has 0 bridgehead atoms. The van der Waals surface area contributed by atoms with Gasteiger partial charge in [-0.15, -0.1) is 0 Å². The molecule has 0 aliphatic carbocycles. The van der Waals surface area contributed by atoms with Gasteiger partial charge in [0, 0.05) is 36.0 Å². The Hall–Kier alpha value is -1.10. The van der Waals surface area contributed by atoms with Crippen molar-refractivity contribution in [3.8, 4) is 0 Å². The van der Waals surface area contributed by atoms with Gasteiger partial charge in [-0.2, -0.15) is 0 Å². The predicted octanol–water partition coefficient (Wildman–Crippen LogP) is 3.74. The van der Waals surface area contributed by atoms with Crippen LogP contribution in [-0.2, 0) is 6.54 Å². The van der Waals surface area contributed by atoms with Crippen LogP contribution in [0.25, 0.3) is 0 Å². The van der Waals surface area contributed by atoms with Crippen LogP contribution in [0, 0.1) is 0 Å². The smallest absolute Gasteiger partial charge is 0.151 e. The summed E-state index contributed by atoms with van der Waals surface area (Å²) in [4.78, 5) is 6.63. The average molecular weight is 339 g/mol. The zero-order valence-corrected chi connectivity index (χ0v) is 12.6. The Morgan fingerprint density at radius 2 is 2.16 bits per heavy atom. The molecule has 3 nitrogen and oxygen atoms in total. The molecule has 0 atom stereocenters. The second-order valence-corrected chi connectivity index (χ2v) is 5.74. The summed E-state index contributed by atoms with van der Waals surface area (Å²) in [6.07, 6.45) is 1.78. The number of benzene rings is 1. The van der Waals surface area contributed by atoms with Crippen molar-refractivity contribution in [3.05, 3.63) is 51.6 Å². The second kappa shape index (κ2) is 5.49. The summed E-state index contributed by atoms with van der Waals surface area (Å²) in [5, 5.41) is 4.07. The van der Waals surface area contributed by atoms with Gasteiger partial charge in [0.05, 0.1) is 5.02 Å². The molecule has 5 heteroatoms. The number of hydrogen-bond donors (Lipinski definition) is 1. The lowest BCUT2D eigenvalue weighted by Gasteiger charge is -2.24. The maximum absolute atomic E-state index is 6.33. The van der Waals surface area contributed by atoms with Crippen molar-refractivity contribution in [2.45, 2.75) is 6.54 Å². The number of pyridine rings is 1. The van der Waals surface area contributed by atoms with Crippen LogP contribution in [0.3, 0.4) is 0 Å². The van der Waals surface area contributed by atoms with Crippen LogP contribution in [-0.4, -0.2) is 18.1 Å². The quantitative estimate of drug-likeness (QED) is 0.858. The molecule has 0 saturated heterocycles. The van der Waals surface area contributed by atoms with E-state index in [1.165, 1.54) is 11.3 Å². The molecule has 3 rings (SSSR count). The van der Waals surface area contributed by atoms with E-state index >= 15 is 0 Å². The van der Waals surface area contributed by atoms with Crippen molar-refractivity contribution in [2.75, 3.05) is 18.0 Å². The van der Waals surface area contributed by atoms with Gasteiger partial charge < -0.3 is 10.2 Å². The highest BCUT2D eigenvalue weighted by molar-refractivity contribution is 9.10. The molecule has 1 aromatic heterocycles. The van der Waals surface area contributed by atoms with E-state index in [4.69, 9.17) is 11.6 Å². The Balaban J connectivity index is 2.09. The van der Waals surface area contributed by atoms with Crippen LogP contribution in [0.1, 0.15) is 5.56 Å². The third-order valence-corrected chi connectivity index (χ3v) is 3.87. The lowest BCUT2D eigenvalue weighted by atomic mass is 10.1. The lowest BCUT2D eigenvalue weighted by Crippen LogP contribution is -2.25. The van der Waals surface area contributed by atoms with Crippen molar-refractivity contribution in [1.82, 2.24) is 10.3 Å². The van der Waals surface area contributed by atoms with Gasteiger partial charge in [0.1, 0.15) is 0 Å². The molecule has 0 unspecified atom stereocenters. The van der Waals surface area contributed by atoms with Gasteiger partial charge in [-0.1, -0.05) is 29.8 Å². The molecule has 2 heterocycles. The number of rotatable bonds is 1. The Morgan fingerprint density at radius 3 is 3.00 bits per heavy atom. The first kappa shape index (κ1) is 12.9. The fraction of sp³-hybridized carbons (Fsp3) is 0.214. The molecule has 1 aliphatic heterocycles. The zero-order chi connectivity index (χ0) is 13.2. The fourth-order valence-corrected chi connectivity index (χ4v) is 3.02. The van der Waals surface area contributed by atoms with E-state index in [1.807, 2.05) is 12.1 Å². The standard InChI is InChI=1S/C14H13BrClN3/c15-11-7-12(16)14(18-9-11)19-6-5-17-8-10-3-1-2-4-13(10)19/h1-4,7,9,17H,5-6,8H2. The van der Waals surface area contributed by atoms with Crippen LogP contribution in [0.4, 0.5) is 11.5 Å². The average Bonchev–Trinajstić information content (AvgIpc) is 2.61. The monoisotopic (exact) mass is 337 g/mol. The summed E-state index contributed by atoms with van der Waals surface area (Å²) in [5.74, 6) is 0.806. The highest BCUT2D eigenvalue weighted by Gasteiger charge is 2.19. The molecule has 2 aromatic rings. The normalized spacial score (nSPS) is 14.9. The molecule has 1 N–H and O–H groups in total. The molecule has 1 aliphatic rings. The number of anilines is 2. The SMILES string of the molecule is Clc1cc(Br)cnc1N1CCNCc2ccccc21. The van der Waals surface area contributed by atoms with Crippen LogP contribution in [0.15, 0.2) is 41.0 Å². The summed E-state index contributed by atoms with van der Waals surface area (Å²) in [6.45, 7) is 2.63. The van der Waals surface area contributed by atoms with E-state index in [9.17, 15) is 0 Å². The molecular formula is C14H13BrClN3. The Morgan fingerprint density at radius 1 is 1.32 bits per heavy atom. The second-order valence-electron chi connectivity index (χ2n) is 4.42. The van der Waals surface area contributed by atoms with E-state index in [1.54, 1.807) is 6.20 Å². The van der Waals surface area contributed by atoms with E-state index < -0.39 is 0 Å². The van der Waals surface area contributed by atoms with Gasteiger partial charge in [-0.3, -0.25) is 0 Å². The fourth-order valence-electron chi connectivity index (χ4n) is 2.28. The van der Waals surface area contributed by atoms with Crippen molar-refractivity contribution in [3.63, 3.8) is 0 Å². The van der Waals surface area contributed by atoms with Crippen molar-refractivity contribution in [1.29, 1.82) is 0 Å². The van der Waals surface area contributed by atoms with Gasteiger partial charge in [-0.05, 0) is 33.6 Å². The van der Waals surface area contributed by atoms with E-state index in [-0.39, 0.29) is 0 Å². The lowest BCUT2D eigenvalue weighted by molar-refractivity contribution is 0.711. The molecule has 0 fully saturated rings. The predicted molar refractivity (Wildman–Crippen MR) is 82.1 cm³/mol. The Kier molecular flexibility index (Phi) is 3.73. The van der Waals surface area contributed by atoms with Gasteiger partial charge in [0.15, 0.2) is 5.82 Å². The number of nitrogens with zero attached hydrogens (tertiary/aromatic N) is 2. The number of halogens is 2. The number of para-hydroxylation sites is 1. The van der Waals surface area contributed by atoms with Crippen LogP contribution in [0.5, 0.6) is 0 Å². The first-order valence-corrected chi connectivity index (χ1v) is 7.30. The van der Waals surface area contributed by atoms with Gasteiger partial charge >= 0.3 is 0 Å². The maximum Gasteiger partial charge on any atom is 0.151 e. The molecule has 0 amide bonds. The number of nitrogens with one attached hydrogen (secondary N) is 1. The molecule has 1 aromatic carbocycles. The summed E-state index contributed by atoms with van der Waals surface area (Å²) in [5.41, 5.74) is 2.44. The van der Waals surface area contributed by atoms with Crippen molar-refractivity contribution < 1.29 is 0 Å². The summed E-state index contributed by atoms with van der Waals surface area (Å²) in [6, 6.07) is 10.2. The van der Waals surface area contributed by atoms with E-state index in [0.29, 0.717) is 5.02 Å². The first-order chi connectivity index (χ1) is 9.25. The number of fused-ring (bicyclic) bond motifs is 1. The zero-order valence-electron chi connectivity index (χ0n) is 10.2. The number of aromatic nitrogens is 1. The van der Waals surface area contributed by atoms with Crippen LogP contribution < -0.4 is 10.2 Å². The minimum atomic E-state index is 0.658. The topological polar surface area (TPSA) is 28.2 Å². The third kappa shape index (κ3) is 2.61. The highest BCUT2D eigenvalue weighted by Crippen LogP contribution is 2.33. The van der Waals surface area contributed by atoms with E-state index in [2.05, 4.69) is 49.3 Å². The Labute approximate surface area is 125 Å². The van der Waals surface area contributed by atoms with Crippen LogP contribution >= 0.6 is 27.5 Å².